The van der Waals surface area contributed by atoms with Crippen molar-refractivity contribution in [1.29, 1.82) is 0 Å². The Bertz CT molecular complexity index is 659. The molecule has 0 spiro atoms. The fraction of sp³-hybridized carbons (Fsp3) is 0.364. The second-order valence-electron chi connectivity index (χ2n) is 3.74. The number of fused-ring (bicyclic) bond motifs is 1. The number of nitrogens with two attached hydrogens (primary N) is 1. The predicted molar refractivity (Wildman–Crippen MR) is 69.7 cm³/mol. The van der Waals surface area contributed by atoms with E-state index in [0.717, 1.165) is 10.1 Å². The zero-order valence-corrected chi connectivity index (χ0v) is 10.9. The molecule has 0 atom stereocenters. The van der Waals surface area contributed by atoms with Crippen LogP contribution in [0.3, 0.4) is 0 Å². The lowest BCUT2D eigenvalue weighted by Crippen LogP contribution is -2.28. The third kappa shape index (κ3) is 2.08. The molecule has 2 rings (SSSR count). The number of nitrogens with zero attached hydrogens (tertiary/aromatic N) is 2. The minimum Gasteiger partial charge on any atom is -0.465 e. The summed E-state index contributed by atoms with van der Waals surface area (Å²) in [7, 11) is 0. The molecular formula is C11H13N3O3S. The van der Waals surface area contributed by atoms with Gasteiger partial charge in [-0.1, -0.05) is 0 Å². The summed E-state index contributed by atoms with van der Waals surface area (Å²) in [4.78, 5) is 23.5. The molecule has 0 unspecified atom stereocenters. The first kappa shape index (κ1) is 12.6. The molecule has 6 nitrogen and oxygen atoms in total. The van der Waals surface area contributed by atoms with E-state index in [9.17, 15) is 9.59 Å². The first-order valence-corrected chi connectivity index (χ1v) is 6.32. The summed E-state index contributed by atoms with van der Waals surface area (Å²) < 4.78 is 5.89. The molecule has 0 bridgehead atoms. The molecule has 0 aromatic carbocycles. The SMILES string of the molecule is CCOC(=O)Cn1nc(C)c2csc(N)c2c1=O. The van der Waals surface area contributed by atoms with Gasteiger partial charge in [-0.25, -0.2) is 4.68 Å². The molecule has 0 amide bonds. The first-order valence-electron chi connectivity index (χ1n) is 5.44. The number of rotatable bonds is 3. The van der Waals surface area contributed by atoms with Crippen molar-refractivity contribution >= 4 is 33.1 Å². The number of carbonyl (C=O) groups excluding carboxylic acids is 1. The number of esters is 1. The Kier molecular flexibility index (Phi) is 3.33. The van der Waals surface area contributed by atoms with Crippen LogP contribution < -0.4 is 11.3 Å². The highest BCUT2D eigenvalue weighted by Gasteiger charge is 2.14. The molecule has 0 aliphatic rings. The highest BCUT2D eigenvalue weighted by molar-refractivity contribution is 7.15. The van der Waals surface area contributed by atoms with Crippen LogP contribution in [-0.4, -0.2) is 22.4 Å². The molecule has 0 aliphatic heterocycles. The summed E-state index contributed by atoms with van der Waals surface area (Å²) in [5, 5.41) is 7.49. The van der Waals surface area contributed by atoms with Gasteiger partial charge in [0.25, 0.3) is 5.56 Å². The van der Waals surface area contributed by atoms with Crippen LogP contribution in [0.2, 0.25) is 0 Å². The van der Waals surface area contributed by atoms with E-state index < -0.39 is 5.97 Å². The number of ether oxygens (including phenoxy) is 1. The molecule has 7 heteroatoms. The van der Waals surface area contributed by atoms with Gasteiger partial charge in [0.2, 0.25) is 0 Å². The van der Waals surface area contributed by atoms with Gasteiger partial charge in [-0.2, -0.15) is 5.10 Å². The average Bonchev–Trinajstić information content (AvgIpc) is 2.69. The van der Waals surface area contributed by atoms with E-state index in [-0.39, 0.29) is 18.7 Å². The molecule has 0 saturated heterocycles. The van der Waals surface area contributed by atoms with Crippen LogP contribution in [0.25, 0.3) is 10.8 Å². The molecule has 2 N–H and O–H groups in total. The Balaban J connectivity index is 2.52. The third-order valence-corrected chi connectivity index (χ3v) is 3.32. The quantitative estimate of drug-likeness (QED) is 0.835. The van der Waals surface area contributed by atoms with Crippen molar-refractivity contribution in [2.24, 2.45) is 0 Å². The van der Waals surface area contributed by atoms with Crippen LogP contribution in [0, 0.1) is 6.92 Å². The molecule has 0 radical (unpaired) electrons. The number of anilines is 1. The van der Waals surface area contributed by atoms with Crippen molar-refractivity contribution < 1.29 is 9.53 Å². The largest absolute Gasteiger partial charge is 0.465 e. The van der Waals surface area contributed by atoms with Gasteiger partial charge >= 0.3 is 5.97 Å². The first-order chi connectivity index (χ1) is 8.54. The van der Waals surface area contributed by atoms with Gasteiger partial charge in [-0.05, 0) is 13.8 Å². The minimum atomic E-state index is -0.486. The van der Waals surface area contributed by atoms with E-state index in [1.165, 1.54) is 11.3 Å². The van der Waals surface area contributed by atoms with E-state index in [4.69, 9.17) is 10.5 Å². The van der Waals surface area contributed by atoms with Crippen LogP contribution in [0.1, 0.15) is 12.6 Å². The van der Waals surface area contributed by atoms with Gasteiger partial charge < -0.3 is 10.5 Å². The number of hydrogen-bond acceptors (Lipinski definition) is 6. The fourth-order valence-corrected chi connectivity index (χ4v) is 2.55. The summed E-state index contributed by atoms with van der Waals surface area (Å²) >= 11 is 1.29. The maximum Gasteiger partial charge on any atom is 0.327 e. The lowest BCUT2D eigenvalue weighted by molar-refractivity contribution is -0.144. The fourth-order valence-electron chi connectivity index (χ4n) is 1.71. The lowest BCUT2D eigenvalue weighted by Gasteiger charge is -2.06. The number of thiophene rings is 1. The zero-order valence-electron chi connectivity index (χ0n) is 10.1. The van der Waals surface area contributed by atoms with Crippen LogP contribution in [0.5, 0.6) is 0 Å². The van der Waals surface area contributed by atoms with Crippen LogP contribution >= 0.6 is 11.3 Å². The number of aryl methyl sites for hydroxylation is 1. The van der Waals surface area contributed by atoms with Crippen molar-refractivity contribution in [3.8, 4) is 0 Å². The third-order valence-electron chi connectivity index (χ3n) is 2.51. The monoisotopic (exact) mass is 267 g/mol. The Morgan fingerprint density at radius 3 is 3.00 bits per heavy atom. The van der Waals surface area contributed by atoms with Crippen molar-refractivity contribution in [2.75, 3.05) is 12.3 Å². The number of aromatic nitrogens is 2. The van der Waals surface area contributed by atoms with Crippen LogP contribution in [0.15, 0.2) is 10.2 Å². The Labute approximate surface area is 107 Å². The second-order valence-corrected chi connectivity index (χ2v) is 4.65. The van der Waals surface area contributed by atoms with Gasteiger partial charge in [0.05, 0.1) is 22.7 Å². The molecule has 18 heavy (non-hydrogen) atoms. The normalized spacial score (nSPS) is 10.8. The van der Waals surface area contributed by atoms with Crippen LogP contribution in [-0.2, 0) is 16.1 Å². The van der Waals surface area contributed by atoms with Crippen molar-refractivity contribution in [1.82, 2.24) is 9.78 Å². The smallest absolute Gasteiger partial charge is 0.327 e. The highest BCUT2D eigenvalue weighted by atomic mass is 32.1. The van der Waals surface area contributed by atoms with Crippen LogP contribution in [0.4, 0.5) is 5.00 Å². The molecule has 0 fully saturated rings. The number of nitrogen functional groups attached to an aromatic ring is 1. The van der Waals surface area contributed by atoms with E-state index in [1.807, 2.05) is 0 Å². The molecule has 0 saturated carbocycles. The Hall–Kier alpha value is -1.89. The minimum absolute atomic E-state index is 0.196. The van der Waals surface area contributed by atoms with Crippen molar-refractivity contribution in [3.63, 3.8) is 0 Å². The van der Waals surface area contributed by atoms with Gasteiger partial charge in [0.1, 0.15) is 6.54 Å². The standard InChI is InChI=1S/C11H13N3O3S/c1-3-17-8(15)4-14-11(16)9-7(6(2)13-14)5-18-10(9)12/h5H,3-4,12H2,1-2H3. The zero-order chi connectivity index (χ0) is 13.3. The Morgan fingerprint density at radius 2 is 2.33 bits per heavy atom. The molecule has 0 aliphatic carbocycles. The second kappa shape index (κ2) is 4.77. The van der Waals surface area contributed by atoms with Gasteiger partial charge in [0, 0.05) is 10.8 Å². The van der Waals surface area contributed by atoms with E-state index in [1.54, 1.807) is 19.2 Å². The summed E-state index contributed by atoms with van der Waals surface area (Å²) in [6, 6.07) is 0. The maximum atomic E-state index is 12.1. The highest BCUT2D eigenvalue weighted by Crippen LogP contribution is 2.26. The van der Waals surface area contributed by atoms with Gasteiger partial charge in [-0.15, -0.1) is 11.3 Å². The van der Waals surface area contributed by atoms with E-state index in [2.05, 4.69) is 5.10 Å². The molecule has 2 aromatic heterocycles. The summed E-state index contributed by atoms with van der Waals surface area (Å²) in [6.45, 7) is 3.56. The Morgan fingerprint density at radius 1 is 1.61 bits per heavy atom. The molecule has 2 heterocycles. The summed E-state index contributed by atoms with van der Waals surface area (Å²) in [5.74, 6) is -0.486. The van der Waals surface area contributed by atoms with E-state index in [0.29, 0.717) is 16.1 Å². The molecular weight excluding hydrogens is 254 g/mol. The summed E-state index contributed by atoms with van der Waals surface area (Å²) in [5.41, 5.74) is 6.08. The summed E-state index contributed by atoms with van der Waals surface area (Å²) in [6.07, 6.45) is 0. The molecule has 2 aromatic rings. The van der Waals surface area contributed by atoms with Crippen molar-refractivity contribution in [2.45, 2.75) is 20.4 Å². The lowest BCUT2D eigenvalue weighted by atomic mass is 10.2. The van der Waals surface area contributed by atoms with Crippen molar-refractivity contribution in [3.05, 3.63) is 21.4 Å². The number of carbonyl (C=O) groups is 1. The molecule has 96 valence electrons. The average molecular weight is 267 g/mol. The topological polar surface area (TPSA) is 87.2 Å². The maximum absolute atomic E-state index is 12.1. The van der Waals surface area contributed by atoms with Gasteiger partial charge in [0.15, 0.2) is 0 Å². The van der Waals surface area contributed by atoms with Gasteiger partial charge in [-0.3, -0.25) is 9.59 Å². The predicted octanol–water partition coefficient (Wildman–Crippen LogP) is 0.912. The van der Waals surface area contributed by atoms with E-state index >= 15 is 0 Å². The number of hydrogen-bond donors (Lipinski definition) is 1.